The van der Waals surface area contributed by atoms with Crippen LogP contribution in [0.5, 0.6) is 0 Å². The highest BCUT2D eigenvalue weighted by molar-refractivity contribution is 5.81. The molecule has 0 spiro atoms. The van der Waals surface area contributed by atoms with Crippen LogP contribution in [0.2, 0.25) is 0 Å². The smallest absolute Gasteiger partial charge is 0.320 e. The standard InChI is InChI=1S/C21H31NO3/c1-14(22-19(20(24)25)11-12-21(2,3)4)16-10-9-15-7-5-6-8-17(15)18(16)13-23/h9-10,13-14,19,22H,5-8,11-12H2,1-4H3,(H,24,25)/t14-,19+/m1/s1. The van der Waals surface area contributed by atoms with E-state index >= 15 is 0 Å². The summed E-state index contributed by atoms with van der Waals surface area (Å²) in [6.45, 7) is 8.29. The maximum atomic E-state index is 11.7. The Labute approximate surface area is 151 Å². The van der Waals surface area contributed by atoms with Crippen molar-refractivity contribution in [2.75, 3.05) is 0 Å². The van der Waals surface area contributed by atoms with Crippen molar-refractivity contribution in [2.24, 2.45) is 5.41 Å². The molecular weight excluding hydrogens is 314 g/mol. The molecule has 2 atom stereocenters. The largest absolute Gasteiger partial charge is 0.480 e. The zero-order chi connectivity index (χ0) is 18.6. The van der Waals surface area contributed by atoms with Gasteiger partial charge in [0, 0.05) is 11.6 Å². The molecule has 0 bridgehead atoms. The first-order chi connectivity index (χ1) is 11.7. The van der Waals surface area contributed by atoms with Crippen molar-refractivity contribution in [2.45, 2.75) is 78.3 Å². The number of rotatable bonds is 7. The minimum absolute atomic E-state index is 0.0956. The maximum Gasteiger partial charge on any atom is 0.320 e. The number of aliphatic carboxylic acids is 1. The van der Waals surface area contributed by atoms with Gasteiger partial charge in [-0.15, -0.1) is 0 Å². The zero-order valence-electron chi connectivity index (χ0n) is 15.9. The van der Waals surface area contributed by atoms with Crippen molar-refractivity contribution in [1.82, 2.24) is 5.32 Å². The second kappa shape index (κ2) is 8.13. The summed E-state index contributed by atoms with van der Waals surface area (Å²) in [5.74, 6) is -0.832. The number of fused-ring (bicyclic) bond motifs is 1. The molecule has 25 heavy (non-hydrogen) atoms. The third kappa shape index (κ3) is 5.15. The number of carboxylic acid groups (broad SMARTS) is 1. The second-order valence-corrected chi connectivity index (χ2v) is 8.41. The van der Waals surface area contributed by atoms with E-state index in [1.807, 2.05) is 13.0 Å². The Morgan fingerprint density at radius 1 is 1.28 bits per heavy atom. The normalized spacial score (nSPS) is 16.8. The van der Waals surface area contributed by atoms with Crippen LogP contribution in [-0.4, -0.2) is 23.4 Å². The number of carbonyl (C=O) groups is 2. The SMILES string of the molecule is C[C@@H](N[C@@H](CCC(C)(C)C)C(=O)O)c1ccc2c(c1C=O)CCCC2. The molecule has 2 N–H and O–H groups in total. The van der Waals surface area contributed by atoms with Gasteiger partial charge in [-0.2, -0.15) is 0 Å². The number of carboxylic acids is 1. The fourth-order valence-electron chi connectivity index (χ4n) is 3.64. The highest BCUT2D eigenvalue weighted by Crippen LogP contribution is 2.30. The Kier molecular flexibility index (Phi) is 6.39. The van der Waals surface area contributed by atoms with Gasteiger partial charge in [-0.05, 0) is 67.6 Å². The zero-order valence-corrected chi connectivity index (χ0v) is 15.9. The van der Waals surface area contributed by atoms with Crippen LogP contribution in [0, 0.1) is 5.41 Å². The van der Waals surface area contributed by atoms with Gasteiger partial charge in [-0.3, -0.25) is 14.9 Å². The van der Waals surface area contributed by atoms with Crippen LogP contribution in [0.1, 0.15) is 86.5 Å². The molecule has 0 radical (unpaired) electrons. The number of benzene rings is 1. The van der Waals surface area contributed by atoms with E-state index in [9.17, 15) is 14.7 Å². The molecule has 2 rings (SSSR count). The van der Waals surface area contributed by atoms with E-state index in [4.69, 9.17) is 0 Å². The molecule has 1 aliphatic rings. The van der Waals surface area contributed by atoms with E-state index in [-0.39, 0.29) is 11.5 Å². The lowest BCUT2D eigenvalue weighted by atomic mass is 9.84. The molecule has 1 aromatic rings. The molecule has 0 saturated heterocycles. The van der Waals surface area contributed by atoms with Gasteiger partial charge in [0.15, 0.2) is 6.29 Å². The molecule has 4 nitrogen and oxygen atoms in total. The Hall–Kier alpha value is -1.68. The summed E-state index contributed by atoms with van der Waals surface area (Å²) in [5, 5.41) is 12.8. The molecule has 0 amide bonds. The maximum absolute atomic E-state index is 11.7. The topological polar surface area (TPSA) is 66.4 Å². The van der Waals surface area contributed by atoms with Gasteiger partial charge >= 0.3 is 5.97 Å². The van der Waals surface area contributed by atoms with Gasteiger partial charge in [-0.25, -0.2) is 0 Å². The van der Waals surface area contributed by atoms with E-state index in [0.29, 0.717) is 6.42 Å². The fraction of sp³-hybridized carbons (Fsp3) is 0.619. The number of carbonyl (C=O) groups excluding carboxylic acids is 1. The van der Waals surface area contributed by atoms with Gasteiger partial charge in [0.25, 0.3) is 0 Å². The van der Waals surface area contributed by atoms with Crippen molar-refractivity contribution in [3.63, 3.8) is 0 Å². The second-order valence-electron chi connectivity index (χ2n) is 8.41. The summed E-state index contributed by atoms with van der Waals surface area (Å²) >= 11 is 0. The van der Waals surface area contributed by atoms with Crippen LogP contribution in [0.15, 0.2) is 12.1 Å². The van der Waals surface area contributed by atoms with Gasteiger partial charge in [0.1, 0.15) is 6.04 Å². The first-order valence-corrected chi connectivity index (χ1v) is 9.31. The van der Waals surface area contributed by atoms with Crippen LogP contribution < -0.4 is 5.32 Å². The molecule has 1 aromatic carbocycles. The molecule has 0 heterocycles. The number of aryl methyl sites for hydroxylation is 1. The molecule has 1 aliphatic carbocycles. The van der Waals surface area contributed by atoms with E-state index in [0.717, 1.165) is 48.7 Å². The van der Waals surface area contributed by atoms with Crippen LogP contribution in [0.4, 0.5) is 0 Å². The monoisotopic (exact) mass is 345 g/mol. The van der Waals surface area contributed by atoms with Crippen molar-refractivity contribution in [3.8, 4) is 0 Å². The third-order valence-corrected chi connectivity index (χ3v) is 5.13. The molecule has 0 aliphatic heterocycles. The molecule has 0 saturated carbocycles. The Bertz CT molecular complexity index is 631. The fourth-order valence-corrected chi connectivity index (χ4v) is 3.64. The summed E-state index contributed by atoms with van der Waals surface area (Å²) < 4.78 is 0. The van der Waals surface area contributed by atoms with Crippen molar-refractivity contribution in [3.05, 3.63) is 34.4 Å². The molecule has 0 unspecified atom stereocenters. The molecule has 138 valence electrons. The van der Waals surface area contributed by atoms with Gasteiger partial charge in [0.05, 0.1) is 0 Å². The van der Waals surface area contributed by atoms with Crippen LogP contribution in [-0.2, 0) is 17.6 Å². The van der Waals surface area contributed by atoms with Gasteiger partial charge in [0.2, 0.25) is 0 Å². The van der Waals surface area contributed by atoms with Crippen LogP contribution in [0.25, 0.3) is 0 Å². The molecule has 4 heteroatoms. The van der Waals surface area contributed by atoms with E-state index in [1.54, 1.807) is 0 Å². The minimum atomic E-state index is -0.832. The first kappa shape index (κ1) is 19.6. The average Bonchev–Trinajstić information content (AvgIpc) is 2.56. The number of hydrogen-bond donors (Lipinski definition) is 2. The van der Waals surface area contributed by atoms with Crippen LogP contribution >= 0.6 is 0 Å². The number of nitrogens with one attached hydrogen (secondary N) is 1. The third-order valence-electron chi connectivity index (χ3n) is 5.13. The lowest BCUT2D eigenvalue weighted by Gasteiger charge is -2.26. The van der Waals surface area contributed by atoms with E-state index in [2.05, 4.69) is 32.2 Å². The lowest BCUT2D eigenvalue weighted by Crippen LogP contribution is -2.39. The Morgan fingerprint density at radius 3 is 2.56 bits per heavy atom. The van der Waals surface area contributed by atoms with Gasteiger partial charge in [-0.1, -0.05) is 32.9 Å². The minimum Gasteiger partial charge on any atom is -0.480 e. The highest BCUT2D eigenvalue weighted by Gasteiger charge is 2.25. The number of hydrogen-bond acceptors (Lipinski definition) is 3. The predicted molar refractivity (Wildman–Crippen MR) is 100 cm³/mol. The molecule has 0 fully saturated rings. The summed E-state index contributed by atoms with van der Waals surface area (Å²) in [5.41, 5.74) is 4.20. The first-order valence-electron chi connectivity index (χ1n) is 9.31. The highest BCUT2D eigenvalue weighted by atomic mass is 16.4. The average molecular weight is 345 g/mol. The number of aldehydes is 1. The van der Waals surface area contributed by atoms with Gasteiger partial charge < -0.3 is 5.11 Å². The lowest BCUT2D eigenvalue weighted by molar-refractivity contribution is -0.140. The van der Waals surface area contributed by atoms with Crippen molar-refractivity contribution in [1.29, 1.82) is 0 Å². The summed E-state index contributed by atoms with van der Waals surface area (Å²) in [6.07, 6.45) is 6.61. The Balaban J connectivity index is 2.19. The quantitative estimate of drug-likeness (QED) is 0.723. The predicted octanol–water partition coefficient (Wildman–Crippen LogP) is 4.31. The Morgan fingerprint density at radius 2 is 1.96 bits per heavy atom. The summed E-state index contributed by atoms with van der Waals surface area (Å²) in [4.78, 5) is 23.4. The molecule has 0 aromatic heterocycles. The molecular formula is C21H31NO3. The summed E-state index contributed by atoms with van der Waals surface area (Å²) in [7, 11) is 0. The van der Waals surface area contributed by atoms with Crippen molar-refractivity contribution < 1.29 is 14.7 Å². The van der Waals surface area contributed by atoms with E-state index in [1.165, 1.54) is 12.0 Å². The van der Waals surface area contributed by atoms with Crippen molar-refractivity contribution >= 4 is 12.3 Å². The summed E-state index contributed by atoms with van der Waals surface area (Å²) in [6, 6.07) is 3.33. The van der Waals surface area contributed by atoms with E-state index < -0.39 is 12.0 Å². The van der Waals surface area contributed by atoms with Crippen LogP contribution in [0.3, 0.4) is 0 Å².